The molecule has 0 radical (unpaired) electrons. The summed E-state index contributed by atoms with van der Waals surface area (Å²) >= 11 is 0. The average molecular weight is 184 g/mol. The summed E-state index contributed by atoms with van der Waals surface area (Å²) in [6.45, 7) is 0. The molecule has 2 nitrogen and oxygen atoms in total. The zero-order valence-corrected chi connectivity index (χ0v) is 6.54. The summed E-state index contributed by atoms with van der Waals surface area (Å²) in [5.74, 6) is 0. The molecule has 68 valence electrons. The van der Waals surface area contributed by atoms with Crippen molar-refractivity contribution in [1.82, 2.24) is 0 Å². The van der Waals surface area contributed by atoms with Crippen LogP contribution in [0.3, 0.4) is 0 Å². The van der Waals surface area contributed by atoms with E-state index in [-0.39, 0.29) is 5.56 Å². The van der Waals surface area contributed by atoms with Crippen LogP contribution in [0.25, 0.3) is 0 Å². The van der Waals surface area contributed by atoms with E-state index in [1.54, 1.807) is 6.07 Å². The second-order valence-electron chi connectivity index (χ2n) is 2.38. The number of hydrogen-bond acceptors (Lipinski definition) is 2. The first-order valence-corrected chi connectivity index (χ1v) is 3.49. The zero-order chi connectivity index (χ0) is 10.8. The molecule has 1 aromatic rings. The van der Waals surface area contributed by atoms with E-state index in [4.69, 9.17) is 11.7 Å². The van der Waals surface area contributed by atoms with Crippen LogP contribution >= 0.6 is 0 Å². The number of hydrogen-bond donors (Lipinski definition) is 1. The third-order valence-electron chi connectivity index (χ3n) is 1.52. The largest absolute Gasteiger partial charge is 0.382 e. The highest BCUT2D eigenvalue weighted by molar-refractivity contribution is 5.32. The fourth-order valence-electron chi connectivity index (χ4n) is 0.842. The summed E-state index contributed by atoms with van der Waals surface area (Å²) in [6.07, 6.45) is -6.09. The summed E-state index contributed by atoms with van der Waals surface area (Å²) in [5.41, 5.74) is 0.0605. The summed E-state index contributed by atoms with van der Waals surface area (Å²) in [5, 5.41) is 17.5. The molecule has 1 N–H and O–H groups in total. The second kappa shape index (κ2) is 3.97. The molecule has 0 amide bonds. The van der Waals surface area contributed by atoms with Gasteiger partial charge in [0.05, 0.1) is 13.0 Å². The Bertz CT molecular complexity index is 356. The molecule has 1 atom stereocenters. The maximum Gasteiger partial charge on any atom is 0.268 e. The van der Waals surface area contributed by atoms with Gasteiger partial charge in [-0.3, -0.25) is 0 Å². The quantitative estimate of drug-likeness (QED) is 0.762. The lowest BCUT2D eigenvalue weighted by atomic mass is 10.1. The minimum Gasteiger partial charge on any atom is -0.382 e. The standard InChI is InChI=1S/C9H7F2NO/c10-9(11)8(13)7-3-1-6(5-12)2-4-7/h1-4,8-9,13H/i8D. The van der Waals surface area contributed by atoms with Gasteiger partial charge in [-0.2, -0.15) is 5.26 Å². The van der Waals surface area contributed by atoms with E-state index >= 15 is 0 Å². The monoisotopic (exact) mass is 184 g/mol. The molecule has 1 rings (SSSR count). The highest BCUT2D eigenvalue weighted by Gasteiger charge is 2.18. The molecule has 0 fully saturated rings. The van der Waals surface area contributed by atoms with Crippen LogP contribution in [0.15, 0.2) is 24.3 Å². The smallest absolute Gasteiger partial charge is 0.268 e. The van der Waals surface area contributed by atoms with E-state index < -0.39 is 12.5 Å². The predicted molar refractivity (Wildman–Crippen MR) is 42.1 cm³/mol. The maximum absolute atomic E-state index is 12.2. The van der Waals surface area contributed by atoms with Crippen molar-refractivity contribution >= 4 is 0 Å². The fourth-order valence-corrected chi connectivity index (χ4v) is 0.842. The van der Waals surface area contributed by atoms with Crippen molar-refractivity contribution in [2.75, 3.05) is 0 Å². The molecular weight excluding hydrogens is 176 g/mol. The lowest BCUT2D eigenvalue weighted by molar-refractivity contribution is -0.00578. The predicted octanol–water partition coefficient (Wildman–Crippen LogP) is 1.86. The van der Waals surface area contributed by atoms with Crippen LogP contribution in [0, 0.1) is 11.3 Å². The molecule has 0 spiro atoms. The van der Waals surface area contributed by atoms with Gasteiger partial charge in [0.15, 0.2) is 0 Å². The first kappa shape index (κ1) is 8.14. The first-order valence-electron chi connectivity index (χ1n) is 3.99. The fraction of sp³-hybridized carbons (Fsp3) is 0.222. The molecule has 0 bridgehead atoms. The highest BCUT2D eigenvalue weighted by atomic mass is 19.3. The third kappa shape index (κ3) is 2.23. The summed E-state index contributed by atoms with van der Waals surface area (Å²) in [4.78, 5) is 0. The second-order valence-corrected chi connectivity index (χ2v) is 2.38. The molecule has 0 aliphatic rings. The Labute approximate surface area is 75.4 Å². The van der Waals surface area contributed by atoms with E-state index in [1.807, 2.05) is 0 Å². The minimum atomic E-state index is -3.18. The molecule has 0 aromatic heterocycles. The molecule has 1 unspecified atom stereocenters. The SMILES string of the molecule is [2H]C(O)(c1ccc(C#N)cc1)C(F)F. The number of benzene rings is 1. The topological polar surface area (TPSA) is 44.0 Å². The molecule has 1 aromatic carbocycles. The van der Waals surface area contributed by atoms with Crippen molar-refractivity contribution < 1.29 is 15.3 Å². The van der Waals surface area contributed by atoms with Crippen LogP contribution in [-0.4, -0.2) is 11.5 Å². The van der Waals surface area contributed by atoms with E-state index in [0.717, 1.165) is 12.1 Å². The Morgan fingerprint density at radius 3 is 2.31 bits per heavy atom. The molecule has 0 saturated heterocycles. The van der Waals surface area contributed by atoms with Gasteiger partial charge in [-0.15, -0.1) is 0 Å². The van der Waals surface area contributed by atoms with Crippen LogP contribution in [0.5, 0.6) is 0 Å². The van der Waals surface area contributed by atoms with E-state index in [2.05, 4.69) is 0 Å². The van der Waals surface area contributed by atoms with Gasteiger partial charge in [0, 0.05) is 0 Å². The Balaban J connectivity index is 3.04. The average Bonchev–Trinajstić information content (AvgIpc) is 2.17. The Hall–Kier alpha value is -1.47. The van der Waals surface area contributed by atoms with Crippen LogP contribution in [0.1, 0.15) is 18.6 Å². The normalized spacial score (nSPS) is 16.1. The Morgan fingerprint density at radius 2 is 1.92 bits per heavy atom. The Kier molecular flexibility index (Phi) is 2.48. The molecule has 4 heteroatoms. The molecular formula is C9H7F2NO. The minimum absolute atomic E-state index is 0.230. The highest BCUT2D eigenvalue weighted by Crippen LogP contribution is 2.20. The van der Waals surface area contributed by atoms with Gasteiger partial charge in [0.25, 0.3) is 6.43 Å². The van der Waals surface area contributed by atoms with Crippen molar-refractivity contribution in [1.29, 1.82) is 5.26 Å². The number of nitriles is 1. The van der Waals surface area contributed by atoms with Gasteiger partial charge in [0.2, 0.25) is 0 Å². The lowest BCUT2D eigenvalue weighted by Crippen LogP contribution is -2.07. The molecule has 0 aliphatic heterocycles. The van der Waals surface area contributed by atoms with E-state index in [1.165, 1.54) is 12.1 Å². The third-order valence-corrected chi connectivity index (χ3v) is 1.52. The van der Waals surface area contributed by atoms with Crippen LogP contribution in [0.2, 0.25) is 0 Å². The number of aliphatic hydroxyl groups is 1. The molecule has 0 aliphatic carbocycles. The Morgan fingerprint density at radius 1 is 1.38 bits per heavy atom. The number of rotatable bonds is 2. The van der Waals surface area contributed by atoms with Crippen molar-refractivity contribution in [2.45, 2.75) is 12.5 Å². The van der Waals surface area contributed by atoms with Crippen LogP contribution in [-0.2, 0) is 0 Å². The van der Waals surface area contributed by atoms with Gasteiger partial charge in [-0.25, -0.2) is 8.78 Å². The van der Waals surface area contributed by atoms with Crippen molar-refractivity contribution in [3.05, 3.63) is 35.4 Å². The van der Waals surface area contributed by atoms with Gasteiger partial charge >= 0.3 is 0 Å². The number of alkyl halides is 2. The van der Waals surface area contributed by atoms with Gasteiger partial charge in [0.1, 0.15) is 6.08 Å². The van der Waals surface area contributed by atoms with Crippen LogP contribution < -0.4 is 0 Å². The lowest BCUT2D eigenvalue weighted by Gasteiger charge is -2.08. The number of nitrogens with zero attached hydrogens (tertiary/aromatic N) is 1. The van der Waals surface area contributed by atoms with Gasteiger partial charge in [-0.1, -0.05) is 12.1 Å². The van der Waals surface area contributed by atoms with Crippen molar-refractivity contribution in [3.63, 3.8) is 0 Å². The zero-order valence-electron chi connectivity index (χ0n) is 7.54. The van der Waals surface area contributed by atoms with Crippen molar-refractivity contribution in [3.8, 4) is 6.07 Å². The number of halogens is 2. The molecule has 13 heavy (non-hydrogen) atoms. The maximum atomic E-state index is 12.2. The van der Waals surface area contributed by atoms with Gasteiger partial charge < -0.3 is 5.11 Å². The van der Waals surface area contributed by atoms with Crippen molar-refractivity contribution in [2.24, 2.45) is 0 Å². The summed E-state index contributed by atoms with van der Waals surface area (Å²) < 4.78 is 31.3. The van der Waals surface area contributed by atoms with Gasteiger partial charge in [-0.05, 0) is 17.7 Å². The first-order chi connectivity index (χ1) is 6.48. The molecule has 0 heterocycles. The van der Waals surface area contributed by atoms with E-state index in [0.29, 0.717) is 5.56 Å². The van der Waals surface area contributed by atoms with Crippen LogP contribution in [0.4, 0.5) is 8.78 Å². The van der Waals surface area contributed by atoms with E-state index in [9.17, 15) is 8.78 Å². The summed E-state index contributed by atoms with van der Waals surface area (Å²) in [6, 6.07) is 6.63. The molecule has 0 saturated carbocycles. The summed E-state index contributed by atoms with van der Waals surface area (Å²) in [7, 11) is 0.